The first kappa shape index (κ1) is 35.7. The van der Waals surface area contributed by atoms with Gasteiger partial charge in [-0.25, -0.2) is 9.78 Å². The van der Waals surface area contributed by atoms with Crippen molar-refractivity contribution in [3.05, 3.63) is 94.7 Å². The number of benzene rings is 3. The number of hydrogen-bond acceptors (Lipinski definition) is 9. The third kappa shape index (κ3) is 9.01. The highest BCUT2D eigenvalue weighted by atomic mass is 16.6. The van der Waals surface area contributed by atoms with Crippen molar-refractivity contribution in [2.75, 3.05) is 57.7 Å². The van der Waals surface area contributed by atoms with E-state index < -0.39 is 6.09 Å². The Bertz CT molecular complexity index is 1680. The van der Waals surface area contributed by atoms with Crippen LogP contribution in [0.1, 0.15) is 46.5 Å². The fourth-order valence-corrected chi connectivity index (χ4v) is 5.42. The van der Waals surface area contributed by atoms with Crippen molar-refractivity contribution >= 4 is 29.5 Å². The van der Waals surface area contributed by atoms with Crippen molar-refractivity contribution < 1.29 is 23.8 Å². The molecule has 0 radical (unpaired) electrons. The van der Waals surface area contributed by atoms with E-state index in [0.717, 1.165) is 36.3 Å². The minimum atomic E-state index is -0.618. The lowest BCUT2D eigenvalue weighted by molar-refractivity contribution is 0.0779. The van der Waals surface area contributed by atoms with E-state index in [4.69, 9.17) is 14.2 Å². The molecule has 0 spiro atoms. The molecular formula is C37H46N6O5. The number of hydrogen-bond donors (Lipinski definition) is 1. The lowest BCUT2D eigenvalue weighted by atomic mass is 10.1. The summed E-state index contributed by atoms with van der Waals surface area (Å²) in [6, 6.07) is 18.1. The smallest absolute Gasteiger partial charge is 0.421 e. The maximum atomic E-state index is 13.9. The number of likely N-dealkylation sites (N-methyl/N-ethyl adjacent to an activating group) is 2. The molecular weight excluding hydrogens is 608 g/mol. The topological polar surface area (TPSA) is 109 Å². The van der Waals surface area contributed by atoms with Crippen molar-refractivity contribution in [2.24, 2.45) is 0 Å². The molecule has 0 bridgehead atoms. The second-order valence-corrected chi connectivity index (χ2v) is 11.6. The van der Waals surface area contributed by atoms with Crippen LogP contribution in [-0.2, 0) is 6.54 Å². The van der Waals surface area contributed by atoms with Crippen LogP contribution in [0.15, 0.2) is 66.9 Å². The molecule has 0 unspecified atom stereocenters. The quantitative estimate of drug-likeness (QED) is 0.157. The Morgan fingerprint density at radius 3 is 2.17 bits per heavy atom. The summed E-state index contributed by atoms with van der Waals surface area (Å²) in [6.07, 6.45) is 0.950. The van der Waals surface area contributed by atoms with E-state index in [1.165, 1.54) is 4.90 Å². The fraction of sp³-hybridized carbons (Fsp3) is 0.351. The molecule has 0 atom stereocenters. The van der Waals surface area contributed by atoms with Crippen molar-refractivity contribution in [3.8, 4) is 17.2 Å². The molecule has 48 heavy (non-hydrogen) atoms. The Kier molecular flexibility index (Phi) is 12.3. The molecule has 1 N–H and O–H groups in total. The lowest BCUT2D eigenvalue weighted by Crippen LogP contribution is -2.36. The van der Waals surface area contributed by atoms with Gasteiger partial charge in [-0.3, -0.25) is 9.69 Å². The number of rotatable bonds is 14. The molecule has 0 aliphatic carbocycles. The van der Waals surface area contributed by atoms with Crippen LogP contribution in [0.4, 0.5) is 22.2 Å². The molecule has 1 heterocycles. The van der Waals surface area contributed by atoms with Crippen molar-refractivity contribution in [1.82, 2.24) is 19.8 Å². The number of nitrogens with zero attached hydrogens (tertiary/aromatic N) is 5. The number of aryl methyl sites for hydroxylation is 3. The molecule has 11 nitrogen and oxygen atoms in total. The van der Waals surface area contributed by atoms with E-state index in [2.05, 4.69) is 34.0 Å². The minimum absolute atomic E-state index is 0.0480. The first-order valence-corrected chi connectivity index (χ1v) is 16.0. The summed E-state index contributed by atoms with van der Waals surface area (Å²) in [5.74, 6) is 2.22. The maximum Gasteiger partial charge on any atom is 0.421 e. The number of ether oxygens (including phenoxy) is 3. The van der Waals surface area contributed by atoms with Crippen LogP contribution < -0.4 is 24.4 Å². The summed E-state index contributed by atoms with van der Waals surface area (Å²) in [5, 5.41) is 3.19. The predicted octanol–water partition coefficient (Wildman–Crippen LogP) is 6.78. The molecule has 0 saturated carbocycles. The molecule has 11 heteroatoms. The van der Waals surface area contributed by atoms with Gasteiger partial charge in [0.1, 0.15) is 23.1 Å². The number of anilines is 3. The third-order valence-corrected chi connectivity index (χ3v) is 8.13. The standard InChI is InChI=1S/C37H46N6O5/c1-9-42(10-2)20-19-41(6)35(44)28-11-13-30(14-12-28)39-36-38-18-17-33(40-36)43(24-29-23-31(46-7)15-16-32(29)47-8)37(45)48-34-26(4)21-25(3)22-27(34)5/h11-18,21-23H,9-10,19-20,24H2,1-8H3,(H,38,39,40). The van der Waals surface area contributed by atoms with E-state index in [0.29, 0.717) is 46.4 Å². The first-order chi connectivity index (χ1) is 23.1. The summed E-state index contributed by atoms with van der Waals surface area (Å²) < 4.78 is 17.0. The summed E-state index contributed by atoms with van der Waals surface area (Å²) in [6.45, 7) is 13.5. The zero-order chi connectivity index (χ0) is 34.8. The average molecular weight is 655 g/mol. The Morgan fingerprint density at radius 1 is 0.854 bits per heavy atom. The maximum absolute atomic E-state index is 13.9. The van der Waals surface area contributed by atoms with Gasteiger partial charge in [0.25, 0.3) is 5.91 Å². The van der Waals surface area contributed by atoms with E-state index in [1.54, 1.807) is 67.8 Å². The van der Waals surface area contributed by atoms with Crippen LogP contribution in [0.25, 0.3) is 0 Å². The van der Waals surface area contributed by atoms with E-state index in [1.807, 2.05) is 46.0 Å². The van der Waals surface area contributed by atoms with Crippen LogP contribution in [0.2, 0.25) is 0 Å². The number of carbonyl (C=O) groups excluding carboxylic acids is 2. The average Bonchev–Trinajstić information content (AvgIpc) is 3.09. The van der Waals surface area contributed by atoms with Gasteiger partial charge in [-0.1, -0.05) is 31.5 Å². The second kappa shape index (κ2) is 16.6. The summed E-state index contributed by atoms with van der Waals surface area (Å²) in [7, 11) is 4.97. The summed E-state index contributed by atoms with van der Waals surface area (Å²) >= 11 is 0. The highest BCUT2D eigenvalue weighted by molar-refractivity contribution is 5.94. The molecule has 2 amide bonds. The predicted molar refractivity (Wildman–Crippen MR) is 189 cm³/mol. The first-order valence-electron chi connectivity index (χ1n) is 16.0. The van der Waals surface area contributed by atoms with Gasteiger partial charge < -0.3 is 29.3 Å². The third-order valence-electron chi connectivity index (χ3n) is 8.13. The van der Waals surface area contributed by atoms with Crippen LogP contribution in [0, 0.1) is 20.8 Å². The number of methoxy groups -OCH3 is 2. The largest absolute Gasteiger partial charge is 0.497 e. The van der Waals surface area contributed by atoms with Gasteiger partial charge >= 0.3 is 6.09 Å². The molecule has 3 aromatic carbocycles. The Hall–Kier alpha value is -5.16. The molecule has 1 aromatic heterocycles. The van der Waals surface area contributed by atoms with Crippen LogP contribution in [-0.4, -0.2) is 79.2 Å². The highest BCUT2D eigenvalue weighted by Crippen LogP contribution is 2.30. The minimum Gasteiger partial charge on any atom is -0.497 e. The van der Waals surface area contributed by atoms with Crippen LogP contribution in [0.3, 0.4) is 0 Å². The van der Waals surface area contributed by atoms with Gasteiger partial charge in [-0.15, -0.1) is 0 Å². The lowest BCUT2D eigenvalue weighted by Gasteiger charge is -2.24. The zero-order valence-electron chi connectivity index (χ0n) is 29.2. The van der Waals surface area contributed by atoms with E-state index in [9.17, 15) is 9.59 Å². The van der Waals surface area contributed by atoms with Crippen LogP contribution >= 0.6 is 0 Å². The normalized spacial score (nSPS) is 10.9. The van der Waals surface area contributed by atoms with Gasteiger partial charge in [0.2, 0.25) is 5.95 Å². The summed E-state index contributed by atoms with van der Waals surface area (Å²) in [5.41, 5.74) is 4.74. The van der Waals surface area contributed by atoms with Gasteiger partial charge in [0.15, 0.2) is 0 Å². The van der Waals surface area contributed by atoms with Gasteiger partial charge in [-0.05, 0) is 93.5 Å². The zero-order valence-corrected chi connectivity index (χ0v) is 29.2. The number of aromatic nitrogens is 2. The number of carbonyl (C=O) groups is 2. The van der Waals surface area contributed by atoms with Crippen molar-refractivity contribution in [2.45, 2.75) is 41.2 Å². The highest BCUT2D eigenvalue weighted by Gasteiger charge is 2.24. The van der Waals surface area contributed by atoms with Crippen molar-refractivity contribution in [1.29, 1.82) is 0 Å². The Labute approximate surface area is 283 Å². The van der Waals surface area contributed by atoms with Gasteiger partial charge in [0, 0.05) is 43.1 Å². The van der Waals surface area contributed by atoms with Crippen LogP contribution in [0.5, 0.6) is 17.2 Å². The Morgan fingerprint density at radius 2 is 1.54 bits per heavy atom. The molecule has 4 aromatic rings. The Balaban J connectivity index is 1.58. The van der Waals surface area contributed by atoms with E-state index in [-0.39, 0.29) is 18.4 Å². The number of amides is 2. The van der Waals surface area contributed by atoms with Gasteiger partial charge in [-0.2, -0.15) is 4.98 Å². The van der Waals surface area contributed by atoms with Crippen molar-refractivity contribution in [3.63, 3.8) is 0 Å². The number of nitrogens with one attached hydrogen (secondary N) is 1. The molecule has 254 valence electrons. The summed E-state index contributed by atoms with van der Waals surface area (Å²) in [4.78, 5) is 41.4. The monoisotopic (exact) mass is 654 g/mol. The molecule has 4 rings (SSSR count). The SMILES string of the molecule is CCN(CC)CCN(C)C(=O)c1ccc(Nc2nccc(N(Cc3cc(OC)ccc3OC)C(=O)Oc3c(C)cc(C)cc3C)n2)cc1. The molecule has 0 aliphatic heterocycles. The fourth-order valence-electron chi connectivity index (χ4n) is 5.42. The molecule has 0 aliphatic rings. The second-order valence-electron chi connectivity index (χ2n) is 11.6. The van der Waals surface area contributed by atoms with E-state index >= 15 is 0 Å². The molecule has 0 saturated heterocycles. The van der Waals surface area contributed by atoms with Gasteiger partial charge in [0.05, 0.1) is 20.8 Å². The molecule has 0 fully saturated rings.